The van der Waals surface area contributed by atoms with Gasteiger partial charge in [-0.05, 0) is 42.3 Å². The second-order valence-electron chi connectivity index (χ2n) is 4.30. The third kappa shape index (κ3) is 3.82. The first-order valence-corrected chi connectivity index (χ1v) is 7.02. The number of amides is 1. The average Bonchev–Trinajstić information content (AvgIpc) is 2.36. The Morgan fingerprint density at radius 3 is 2.74 bits per heavy atom. The molecule has 0 bridgehead atoms. The van der Waals surface area contributed by atoms with Crippen LogP contribution in [0, 0.1) is 6.92 Å². The maximum Gasteiger partial charge on any atom is 0.253 e. The minimum atomic E-state index is -0.162. The zero-order valence-corrected chi connectivity index (χ0v) is 12.8. The van der Waals surface area contributed by atoms with E-state index in [-0.39, 0.29) is 5.91 Å². The molecule has 0 unspecified atom stereocenters. The molecule has 0 aromatic heterocycles. The van der Waals surface area contributed by atoms with Gasteiger partial charge in [-0.25, -0.2) is 0 Å². The van der Waals surface area contributed by atoms with E-state index in [2.05, 4.69) is 21.2 Å². The number of carbonyl (C=O) groups is 1. The van der Waals surface area contributed by atoms with E-state index in [1.54, 1.807) is 12.1 Å². The molecule has 2 aromatic carbocycles. The van der Waals surface area contributed by atoms with E-state index in [4.69, 9.17) is 11.6 Å². The average molecular weight is 339 g/mol. The summed E-state index contributed by atoms with van der Waals surface area (Å²) in [4.78, 5) is 12.0. The first-order valence-electron chi connectivity index (χ1n) is 5.85. The Bertz CT molecular complexity index is 613. The zero-order valence-electron chi connectivity index (χ0n) is 10.4. The molecule has 1 amide bonds. The third-order valence-corrected chi connectivity index (χ3v) is 3.52. The Labute approximate surface area is 125 Å². The van der Waals surface area contributed by atoms with Crippen LogP contribution in [-0.2, 0) is 6.54 Å². The molecule has 0 heterocycles. The summed E-state index contributed by atoms with van der Waals surface area (Å²) >= 11 is 9.46. The van der Waals surface area contributed by atoms with Gasteiger partial charge in [-0.3, -0.25) is 4.79 Å². The highest BCUT2D eigenvalue weighted by atomic mass is 79.9. The molecule has 0 atom stereocenters. The van der Waals surface area contributed by atoms with Gasteiger partial charge in [0.1, 0.15) is 0 Å². The maximum absolute atomic E-state index is 12.0. The molecule has 2 rings (SSSR count). The molecule has 0 spiro atoms. The smallest absolute Gasteiger partial charge is 0.253 e. The third-order valence-electron chi connectivity index (χ3n) is 2.71. The van der Waals surface area contributed by atoms with E-state index >= 15 is 0 Å². The lowest BCUT2D eigenvalue weighted by Crippen LogP contribution is -2.23. The van der Waals surface area contributed by atoms with Gasteiger partial charge in [0.25, 0.3) is 5.91 Å². The van der Waals surface area contributed by atoms with Crippen LogP contribution in [0.1, 0.15) is 21.5 Å². The molecule has 1 N–H and O–H groups in total. The molecule has 0 aliphatic rings. The van der Waals surface area contributed by atoms with E-state index in [9.17, 15) is 4.79 Å². The Morgan fingerprint density at radius 2 is 2.05 bits per heavy atom. The molecule has 0 fully saturated rings. The Kier molecular flexibility index (Phi) is 4.61. The minimum Gasteiger partial charge on any atom is -0.348 e. The van der Waals surface area contributed by atoms with Crippen molar-refractivity contribution in [1.82, 2.24) is 5.32 Å². The number of hydrogen-bond acceptors (Lipinski definition) is 1. The topological polar surface area (TPSA) is 29.1 Å². The van der Waals surface area contributed by atoms with Crippen molar-refractivity contribution in [3.05, 3.63) is 68.7 Å². The van der Waals surface area contributed by atoms with Gasteiger partial charge in [-0.15, -0.1) is 0 Å². The van der Waals surface area contributed by atoms with Gasteiger partial charge in [0.05, 0.1) is 10.6 Å². The maximum atomic E-state index is 12.0. The van der Waals surface area contributed by atoms with Crippen LogP contribution in [0.3, 0.4) is 0 Å². The van der Waals surface area contributed by atoms with Gasteiger partial charge in [0, 0.05) is 11.0 Å². The predicted molar refractivity (Wildman–Crippen MR) is 81.5 cm³/mol. The van der Waals surface area contributed by atoms with Crippen LogP contribution in [0.2, 0.25) is 5.02 Å². The van der Waals surface area contributed by atoms with E-state index in [1.165, 1.54) is 0 Å². The molecule has 98 valence electrons. The molecule has 4 heteroatoms. The van der Waals surface area contributed by atoms with Gasteiger partial charge in [0.15, 0.2) is 0 Å². The van der Waals surface area contributed by atoms with Crippen molar-refractivity contribution in [2.24, 2.45) is 0 Å². The number of carbonyl (C=O) groups excluding carboxylic acids is 1. The summed E-state index contributed by atoms with van der Waals surface area (Å²) in [7, 11) is 0. The fourth-order valence-electron chi connectivity index (χ4n) is 1.73. The van der Waals surface area contributed by atoms with Crippen LogP contribution in [-0.4, -0.2) is 5.91 Å². The lowest BCUT2D eigenvalue weighted by molar-refractivity contribution is 0.0951. The minimum absolute atomic E-state index is 0.162. The first-order chi connectivity index (χ1) is 9.06. The molecule has 0 radical (unpaired) electrons. The standard InChI is InChI=1S/C15H13BrClNO/c1-10-5-6-13(14(17)7-10)15(19)18-9-11-3-2-4-12(16)8-11/h2-8H,9H2,1H3,(H,18,19). The highest BCUT2D eigenvalue weighted by molar-refractivity contribution is 9.10. The molecule has 2 nitrogen and oxygen atoms in total. The lowest BCUT2D eigenvalue weighted by Gasteiger charge is -2.07. The zero-order chi connectivity index (χ0) is 13.8. The second-order valence-corrected chi connectivity index (χ2v) is 5.62. The Balaban J connectivity index is 2.05. The Morgan fingerprint density at radius 1 is 1.26 bits per heavy atom. The fraction of sp³-hybridized carbons (Fsp3) is 0.133. The van der Waals surface area contributed by atoms with Gasteiger partial charge in [-0.1, -0.05) is 45.7 Å². The normalized spacial score (nSPS) is 10.3. The molecular weight excluding hydrogens is 326 g/mol. The van der Waals surface area contributed by atoms with Gasteiger partial charge >= 0.3 is 0 Å². The van der Waals surface area contributed by atoms with E-state index in [1.807, 2.05) is 37.3 Å². The van der Waals surface area contributed by atoms with Crippen molar-refractivity contribution in [2.75, 3.05) is 0 Å². The number of benzene rings is 2. The Hall–Kier alpha value is -1.32. The van der Waals surface area contributed by atoms with E-state index in [0.29, 0.717) is 17.1 Å². The fourth-order valence-corrected chi connectivity index (χ4v) is 2.50. The van der Waals surface area contributed by atoms with Gasteiger partial charge < -0.3 is 5.32 Å². The summed E-state index contributed by atoms with van der Waals surface area (Å²) < 4.78 is 0.993. The number of halogens is 2. The number of nitrogens with one attached hydrogen (secondary N) is 1. The van der Waals surface area contributed by atoms with Crippen LogP contribution < -0.4 is 5.32 Å². The number of rotatable bonds is 3. The molecular formula is C15H13BrClNO. The van der Waals surface area contributed by atoms with E-state index in [0.717, 1.165) is 15.6 Å². The van der Waals surface area contributed by atoms with Crippen LogP contribution in [0.25, 0.3) is 0 Å². The molecule has 0 saturated carbocycles. The quantitative estimate of drug-likeness (QED) is 0.886. The van der Waals surface area contributed by atoms with Crippen molar-refractivity contribution in [3.63, 3.8) is 0 Å². The highest BCUT2D eigenvalue weighted by Crippen LogP contribution is 2.17. The molecule has 0 aliphatic carbocycles. The summed E-state index contributed by atoms with van der Waals surface area (Å²) in [6, 6.07) is 13.2. The van der Waals surface area contributed by atoms with Crippen molar-refractivity contribution in [2.45, 2.75) is 13.5 Å². The first kappa shape index (κ1) is 14.1. The number of hydrogen-bond donors (Lipinski definition) is 1. The van der Waals surface area contributed by atoms with Crippen molar-refractivity contribution in [1.29, 1.82) is 0 Å². The lowest BCUT2D eigenvalue weighted by atomic mass is 10.1. The molecule has 2 aromatic rings. The summed E-state index contributed by atoms with van der Waals surface area (Å²) in [6.45, 7) is 2.41. The summed E-state index contributed by atoms with van der Waals surface area (Å²) in [5, 5.41) is 3.34. The highest BCUT2D eigenvalue weighted by Gasteiger charge is 2.09. The van der Waals surface area contributed by atoms with Crippen molar-refractivity contribution < 1.29 is 4.79 Å². The number of aryl methyl sites for hydroxylation is 1. The van der Waals surface area contributed by atoms with Crippen LogP contribution >= 0.6 is 27.5 Å². The van der Waals surface area contributed by atoms with Gasteiger partial charge in [-0.2, -0.15) is 0 Å². The summed E-state index contributed by atoms with van der Waals surface area (Å²) in [5.41, 5.74) is 2.57. The van der Waals surface area contributed by atoms with Crippen molar-refractivity contribution in [3.8, 4) is 0 Å². The van der Waals surface area contributed by atoms with Crippen LogP contribution in [0.4, 0.5) is 0 Å². The largest absolute Gasteiger partial charge is 0.348 e. The summed E-state index contributed by atoms with van der Waals surface area (Å²) in [5.74, 6) is -0.162. The van der Waals surface area contributed by atoms with E-state index < -0.39 is 0 Å². The predicted octanol–water partition coefficient (Wildman–Crippen LogP) is 4.34. The molecule has 19 heavy (non-hydrogen) atoms. The van der Waals surface area contributed by atoms with Crippen LogP contribution in [0.15, 0.2) is 46.9 Å². The summed E-state index contributed by atoms with van der Waals surface area (Å²) in [6.07, 6.45) is 0. The SMILES string of the molecule is Cc1ccc(C(=O)NCc2cccc(Br)c2)c(Cl)c1. The molecule has 0 aliphatic heterocycles. The van der Waals surface area contributed by atoms with Crippen LogP contribution in [0.5, 0.6) is 0 Å². The van der Waals surface area contributed by atoms with Crippen molar-refractivity contribution >= 4 is 33.4 Å². The second kappa shape index (κ2) is 6.22. The molecule has 0 saturated heterocycles. The monoisotopic (exact) mass is 337 g/mol. The van der Waals surface area contributed by atoms with Gasteiger partial charge in [0.2, 0.25) is 0 Å².